The molecule has 0 saturated heterocycles. The second-order valence-corrected chi connectivity index (χ2v) is 8.41. The highest BCUT2D eigenvalue weighted by molar-refractivity contribution is 7.99. The minimum absolute atomic E-state index is 0.0470. The Morgan fingerprint density at radius 3 is 2.79 bits per heavy atom. The molecule has 7 heteroatoms. The molecule has 0 saturated carbocycles. The number of thiophene rings is 1. The van der Waals surface area contributed by atoms with Crippen LogP contribution in [0.25, 0.3) is 0 Å². The maximum Gasteiger partial charge on any atom is 0.250 e. The van der Waals surface area contributed by atoms with E-state index in [0.29, 0.717) is 10.8 Å². The predicted molar refractivity (Wildman–Crippen MR) is 84.5 cm³/mol. The van der Waals surface area contributed by atoms with E-state index < -0.39 is 10.0 Å². The molecule has 0 radical (unpaired) electrons. The molecule has 0 spiro atoms. The van der Waals surface area contributed by atoms with Crippen LogP contribution in [0.5, 0.6) is 0 Å². The molecule has 0 bridgehead atoms. The third kappa shape index (κ3) is 5.83. The van der Waals surface area contributed by atoms with Gasteiger partial charge in [0.05, 0.1) is 0 Å². The summed E-state index contributed by atoms with van der Waals surface area (Å²) in [4.78, 5) is 0. The predicted octanol–water partition coefficient (Wildman–Crippen LogP) is 2.28. The molecule has 0 amide bonds. The van der Waals surface area contributed by atoms with Crippen molar-refractivity contribution in [1.29, 1.82) is 0 Å². The molecule has 1 atom stereocenters. The molecule has 110 valence electrons. The summed E-state index contributed by atoms with van der Waals surface area (Å²) in [6, 6.07) is 1.70. The van der Waals surface area contributed by atoms with Crippen molar-refractivity contribution in [3.8, 4) is 0 Å². The van der Waals surface area contributed by atoms with Crippen LogP contribution in [0.4, 0.5) is 0 Å². The molecule has 1 aromatic rings. The van der Waals surface area contributed by atoms with Crippen LogP contribution in [0.15, 0.2) is 15.7 Å². The average Bonchev–Trinajstić information content (AvgIpc) is 2.83. The average molecular weight is 323 g/mol. The first-order chi connectivity index (χ1) is 8.99. The highest BCUT2D eigenvalue weighted by atomic mass is 32.2. The van der Waals surface area contributed by atoms with Gasteiger partial charge in [-0.3, -0.25) is 0 Å². The Hall–Kier alpha value is -0.0800. The van der Waals surface area contributed by atoms with Gasteiger partial charge in [0.25, 0.3) is 0 Å². The molecular formula is C12H22N2O2S3. The molecule has 1 rings (SSSR count). The minimum Gasteiger partial charge on any atom is -0.313 e. The van der Waals surface area contributed by atoms with Gasteiger partial charge < -0.3 is 5.32 Å². The van der Waals surface area contributed by atoms with Gasteiger partial charge in [-0.2, -0.15) is 11.8 Å². The summed E-state index contributed by atoms with van der Waals surface area (Å²) in [6.45, 7) is 7.58. The Morgan fingerprint density at radius 2 is 2.16 bits per heavy atom. The molecular weight excluding hydrogens is 300 g/mol. The maximum atomic E-state index is 12.2. The first-order valence-corrected chi connectivity index (χ1v) is 9.89. The van der Waals surface area contributed by atoms with E-state index >= 15 is 0 Å². The lowest BCUT2D eigenvalue weighted by atomic mass is 10.3. The fraction of sp³-hybridized carbons (Fsp3) is 0.667. The fourth-order valence-electron chi connectivity index (χ4n) is 1.51. The standard InChI is InChI=1S/C12H22N2O2S3/c1-4-13-7-11-6-12(18-9-11)19(15,16)14-10(3)8-17-5-2/h6,9-10,13-14H,4-5,7-8H2,1-3H3. The number of sulfonamides is 1. The Kier molecular flexibility index (Phi) is 7.38. The van der Waals surface area contributed by atoms with Crippen molar-refractivity contribution in [2.45, 2.75) is 37.6 Å². The summed E-state index contributed by atoms with van der Waals surface area (Å²) in [5, 5.41) is 5.08. The SMILES string of the molecule is CCNCc1csc(S(=O)(=O)NC(C)CSCC)c1. The van der Waals surface area contributed by atoms with E-state index in [2.05, 4.69) is 17.0 Å². The van der Waals surface area contributed by atoms with E-state index in [0.717, 1.165) is 23.6 Å². The van der Waals surface area contributed by atoms with E-state index in [-0.39, 0.29) is 6.04 Å². The van der Waals surface area contributed by atoms with Crippen LogP contribution in [-0.2, 0) is 16.6 Å². The lowest BCUT2D eigenvalue weighted by Gasteiger charge is -2.12. The molecule has 19 heavy (non-hydrogen) atoms. The third-order valence-corrected chi connectivity index (χ3v) is 6.62. The van der Waals surface area contributed by atoms with Gasteiger partial charge in [-0.25, -0.2) is 13.1 Å². The highest BCUT2D eigenvalue weighted by Gasteiger charge is 2.19. The highest BCUT2D eigenvalue weighted by Crippen LogP contribution is 2.20. The lowest BCUT2D eigenvalue weighted by Crippen LogP contribution is -2.33. The number of thioether (sulfide) groups is 1. The Morgan fingerprint density at radius 1 is 1.42 bits per heavy atom. The van der Waals surface area contributed by atoms with Gasteiger partial charge in [-0.1, -0.05) is 13.8 Å². The summed E-state index contributed by atoms with van der Waals surface area (Å²) in [7, 11) is -3.37. The molecule has 1 heterocycles. The molecule has 2 N–H and O–H groups in total. The third-order valence-electron chi connectivity index (χ3n) is 2.40. The first kappa shape index (κ1) is 17.0. The molecule has 1 aromatic heterocycles. The quantitative estimate of drug-likeness (QED) is 0.732. The molecule has 0 aliphatic carbocycles. The monoisotopic (exact) mass is 322 g/mol. The van der Waals surface area contributed by atoms with Crippen molar-refractivity contribution in [2.24, 2.45) is 0 Å². The zero-order valence-corrected chi connectivity index (χ0v) is 14.1. The summed E-state index contributed by atoms with van der Waals surface area (Å²) in [5.41, 5.74) is 1.02. The summed E-state index contributed by atoms with van der Waals surface area (Å²) in [5.74, 6) is 1.79. The second kappa shape index (κ2) is 8.26. The fourth-order valence-corrected chi connectivity index (χ4v) is 4.76. The summed E-state index contributed by atoms with van der Waals surface area (Å²) >= 11 is 3.01. The van der Waals surface area contributed by atoms with Crippen molar-refractivity contribution in [3.63, 3.8) is 0 Å². The molecule has 0 fully saturated rings. The number of hydrogen-bond donors (Lipinski definition) is 2. The van der Waals surface area contributed by atoms with E-state index in [9.17, 15) is 8.42 Å². The van der Waals surface area contributed by atoms with Crippen LogP contribution < -0.4 is 10.0 Å². The van der Waals surface area contributed by atoms with Crippen molar-refractivity contribution in [1.82, 2.24) is 10.0 Å². The van der Waals surface area contributed by atoms with Gasteiger partial charge in [0.15, 0.2) is 0 Å². The Labute approximate surface area is 124 Å². The second-order valence-electron chi connectivity index (χ2n) is 4.24. The van der Waals surface area contributed by atoms with Gasteiger partial charge in [0.1, 0.15) is 4.21 Å². The lowest BCUT2D eigenvalue weighted by molar-refractivity contribution is 0.573. The zero-order valence-electron chi connectivity index (χ0n) is 11.6. The van der Waals surface area contributed by atoms with Crippen LogP contribution in [0.3, 0.4) is 0 Å². The normalized spacial score (nSPS) is 13.6. The molecule has 0 aliphatic heterocycles. The van der Waals surface area contributed by atoms with Crippen LogP contribution in [0.1, 0.15) is 26.3 Å². The van der Waals surface area contributed by atoms with Gasteiger partial charge in [0, 0.05) is 18.3 Å². The molecule has 0 aromatic carbocycles. The van der Waals surface area contributed by atoms with Gasteiger partial charge in [-0.15, -0.1) is 11.3 Å². The largest absolute Gasteiger partial charge is 0.313 e. The van der Waals surface area contributed by atoms with E-state index in [1.807, 2.05) is 19.2 Å². The van der Waals surface area contributed by atoms with Gasteiger partial charge >= 0.3 is 0 Å². The van der Waals surface area contributed by atoms with Gasteiger partial charge in [0.2, 0.25) is 10.0 Å². The number of hydrogen-bond acceptors (Lipinski definition) is 5. The molecule has 1 unspecified atom stereocenters. The van der Waals surface area contributed by atoms with Crippen molar-refractivity contribution >= 4 is 33.1 Å². The van der Waals surface area contributed by atoms with Crippen LogP contribution in [0.2, 0.25) is 0 Å². The Bertz CT molecular complexity index is 471. The Balaban J connectivity index is 2.63. The smallest absolute Gasteiger partial charge is 0.250 e. The maximum absolute atomic E-state index is 12.2. The van der Waals surface area contributed by atoms with Crippen molar-refractivity contribution in [3.05, 3.63) is 17.0 Å². The first-order valence-electron chi connectivity index (χ1n) is 6.37. The minimum atomic E-state index is -3.37. The van der Waals surface area contributed by atoms with E-state index in [1.165, 1.54) is 11.3 Å². The zero-order chi connectivity index (χ0) is 14.3. The van der Waals surface area contributed by atoms with Crippen LogP contribution in [-0.4, -0.2) is 32.5 Å². The van der Waals surface area contributed by atoms with Crippen molar-refractivity contribution in [2.75, 3.05) is 18.1 Å². The van der Waals surface area contributed by atoms with Crippen LogP contribution in [0, 0.1) is 0 Å². The van der Waals surface area contributed by atoms with Gasteiger partial charge in [-0.05, 0) is 36.2 Å². The molecule has 4 nitrogen and oxygen atoms in total. The van der Waals surface area contributed by atoms with E-state index in [4.69, 9.17) is 0 Å². The molecule has 0 aliphatic rings. The van der Waals surface area contributed by atoms with Crippen molar-refractivity contribution < 1.29 is 8.42 Å². The number of nitrogens with one attached hydrogen (secondary N) is 2. The summed E-state index contributed by atoms with van der Waals surface area (Å²) in [6.07, 6.45) is 0. The summed E-state index contributed by atoms with van der Waals surface area (Å²) < 4.78 is 27.4. The van der Waals surface area contributed by atoms with E-state index in [1.54, 1.807) is 17.8 Å². The van der Waals surface area contributed by atoms with Crippen LogP contribution >= 0.6 is 23.1 Å². The topological polar surface area (TPSA) is 58.2 Å². The number of rotatable bonds is 9.